The predicted octanol–water partition coefficient (Wildman–Crippen LogP) is -1.25. The zero-order valence-electron chi connectivity index (χ0n) is 13.3. The summed E-state index contributed by atoms with van der Waals surface area (Å²) in [5.74, 6) is -2.79. The van der Waals surface area contributed by atoms with Gasteiger partial charge in [-0.05, 0) is 24.1 Å². The second kappa shape index (κ2) is 6.75. The molecule has 142 valence electrons. The van der Waals surface area contributed by atoms with E-state index in [-0.39, 0.29) is 12.1 Å². The van der Waals surface area contributed by atoms with Crippen LogP contribution in [0.4, 0.5) is 0 Å². The average molecular weight is 406 g/mol. The maximum atomic E-state index is 12.3. The molecule has 1 aromatic carbocycles. The Balaban J connectivity index is 2.48. The predicted molar refractivity (Wildman–Crippen MR) is 83.8 cm³/mol. The quantitative estimate of drug-likeness (QED) is 0.333. The van der Waals surface area contributed by atoms with Gasteiger partial charge in [0.2, 0.25) is 0 Å². The third kappa shape index (κ3) is 3.75. The highest BCUT2D eigenvalue weighted by atomic mass is 32.2. The van der Waals surface area contributed by atoms with Crippen LogP contribution in [0, 0.1) is 5.92 Å². The van der Waals surface area contributed by atoms with Crippen molar-refractivity contribution in [3.05, 3.63) is 23.8 Å². The fraction of sp³-hybridized carbons (Fsp3) is 0.308. The van der Waals surface area contributed by atoms with Crippen LogP contribution in [0.3, 0.4) is 0 Å². The maximum Gasteiger partial charge on any atom is 0.294 e. The van der Waals surface area contributed by atoms with Gasteiger partial charge in [0.1, 0.15) is 12.2 Å². The largest absolute Gasteiger partial charge is 0.301 e. The number of benzene rings is 1. The highest BCUT2D eigenvalue weighted by Crippen LogP contribution is 2.27. The van der Waals surface area contributed by atoms with Crippen LogP contribution in [0.15, 0.2) is 28.0 Å². The van der Waals surface area contributed by atoms with Gasteiger partial charge in [-0.3, -0.25) is 23.7 Å². The van der Waals surface area contributed by atoms with E-state index in [4.69, 9.17) is 4.55 Å². The van der Waals surface area contributed by atoms with Gasteiger partial charge < -0.3 is 4.79 Å². The van der Waals surface area contributed by atoms with Gasteiger partial charge >= 0.3 is 0 Å². The van der Waals surface area contributed by atoms with Crippen molar-refractivity contribution in [2.75, 3.05) is 13.6 Å². The number of rotatable bonds is 6. The Morgan fingerprint density at radius 2 is 1.69 bits per heavy atom. The van der Waals surface area contributed by atoms with Crippen molar-refractivity contribution in [1.29, 1.82) is 0 Å². The van der Waals surface area contributed by atoms with E-state index in [9.17, 15) is 35.8 Å². The van der Waals surface area contributed by atoms with Crippen LogP contribution >= 0.6 is 0 Å². The van der Waals surface area contributed by atoms with E-state index >= 15 is 0 Å². The maximum absolute atomic E-state index is 12.3. The number of aldehydes is 1. The van der Waals surface area contributed by atoms with E-state index in [1.807, 2.05) is 0 Å². The number of hydrogen-bond donors (Lipinski definition) is 2. The number of carbonyl (C=O) groups excluding carboxylic acids is 3. The van der Waals surface area contributed by atoms with Crippen LogP contribution < -0.4 is 0 Å². The molecular weight excluding hydrogens is 392 g/mol. The number of nitrogens with zero attached hydrogens (tertiary/aromatic N) is 2. The second-order valence-electron chi connectivity index (χ2n) is 5.43. The van der Waals surface area contributed by atoms with E-state index < -0.39 is 54.2 Å². The molecule has 1 fully saturated rings. The summed E-state index contributed by atoms with van der Waals surface area (Å²) < 4.78 is 63.7. The summed E-state index contributed by atoms with van der Waals surface area (Å²) in [6, 6.07) is 2.36. The van der Waals surface area contributed by atoms with Gasteiger partial charge in [-0.25, -0.2) is 5.01 Å². The van der Waals surface area contributed by atoms with E-state index in [0.717, 1.165) is 22.2 Å². The first kappa shape index (κ1) is 20.0. The van der Waals surface area contributed by atoms with E-state index in [1.54, 1.807) is 0 Å². The van der Waals surface area contributed by atoms with Crippen LogP contribution in [0.25, 0.3) is 0 Å². The smallest absolute Gasteiger partial charge is 0.294 e. The van der Waals surface area contributed by atoms with Gasteiger partial charge in [0.05, 0.1) is 16.3 Å². The van der Waals surface area contributed by atoms with Crippen molar-refractivity contribution in [3.63, 3.8) is 0 Å². The van der Waals surface area contributed by atoms with Gasteiger partial charge in [-0.2, -0.15) is 16.8 Å². The lowest BCUT2D eigenvalue weighted by Crippen LogP contribution is -2.38. The summed E-state index contributed by atoms with van der Waals surface area (Å²) in [6.45, 7) is -0.371. The first-order valence-electron chi connectivity index (χ1n) is 6.98. The van der Waals surface area contributed by atoms with Crippen molar-refractivity contribution in [2.45, 2.75) is 16.2 Å². The molecule has 0 saturated carbocycles. The van der Waals surface area contributed by atoms with Crippen molar-refractivity contribution in [3.8, 4) is 0 Å². The molecule has 1 heterocycles. The monoisotopic (exact) mass is 406 g/mol. The second-order valence-corrected chi connectivity index (χ2v) is 8.24. The minimum Gasteiger partial charge on any atom is -0.301 e. The normalized spacial score (nSPS) is 18.5. The number of carbonyl (C=O) groups is 3. The summed E-state index contributed by atoms with van der Waals surface area (Å²) in [5.41, 5.74) is -0.201. The van der Waals surface area contributed by atoms with Crippen molar-refractivity contribution >= 4 is 38.3 Å². The molecule has 1 aliphatic rings. The topological polar surface area (TPSA) is 166 Å². The van der Waals surface area contributed by atoms with E-state index in [1.165, 1.54) is 7.05 Å². The lowest BCUT2D eigenvalue weighted by atomic mass is 9.98. The van der Waals surface area contributed by atoms with E-state index in [2.05, 4.69) is 0 Å². The van der Waals surface area contributed by atoms with Crippen LogP contribution in [-0.2, 0) is 41.0 Å². The Labute approximate surface area is 148 Å². The first-order chi connectivity index (χ1) is 11.9. The molecule has 0 radical (unpaired) electrons. The van der Waals surface area contributed by atoms with Gasteiger partial charge in [0.15, 0.2) is 0 Å². The molecule has 26 heavy (non-hydrogen) atoms. The summed E-state index contributed by atoms with van der Waals surface area (Å²) in [6.07, 6.45) is -0.0488. The van der Waals surface area contributed by atoms with Crippen molar-refractivity contribution < 1.29 is 40.3 Å². The van der Waals surface area contributed by atoms with Gasteiger partial charge in [-0.1, -0.05) is 6.07 Å². The molecule has 1 atom stereocenters. The fourth-order valence-corrected chi connectivity index (χ4v) is 3.90. The molecule has 0 spiro atoms. The Morgan fingerprint density at radius 1 is 1.08 bits per heavy atom. The number of amides is 2. The first-order valence-corrected chi connectivity index (χ1v) is 9.86. The zero-order chi connectivity index (χ0) is 19.9. The summed E-state index contributed by atoms with van der Waals surface area (Å²) in [7, 11) is -8.39. The molecule has 2 amide bonds. The molecule has 0 aliphatic carbocycles. The Hall–Kier alpha value is -2.35. The molecular formula is C13H14N2O9S2. The average Bonchev–Trinajstić information content (AvgIpc) is 2.71. The molecule has 2 N–H and O–H groups in total. The Bertz CT molecular complexity index is 985. The third-order valence-corrected chi connectivity index (χ3v) is 5.60. The van der Waals surface area contributed by atoms with Crippen molar-refractivity contribution in [2.24, 2.45) is 5.92 Å². The lowest BCUT2D eigenvalue weighted by molar-refractivity contribution is -0.145. The minimum atomic E-state index is -4.91. The lowest BCUT2D eigenvalue weighted by Gasteiger charge is -2.20. The number of hydrazine groups is 1. The fourth-order valence-electron chi connectivity index (χ4n) is 2.56. The highest BCUT2D eigenvalue weighted by molar-refractivity contribution is 7.86. The Morgan fingerprint density at radius 3 is 2.19 bits per heavy atom. The summed E-state index contributed by atoms with van der Waals surface area (Å²) >= 11 is 0. The summed E-state index contributed by atoms with van der Waals surface area (Å²) in [5, 5.41) is 1.79. The molecule has 1 aromatic rings. The molecule has 1 unspecified atom stereocenters. The van der Waals surface area contributed by atoms with Crippen LogP contribution in [0.1, 0.15) is 5.56 Å². The standard InChI is InChI=1S/C13H14N2O9S2/c1-14-12(17)10(13(18)15(14)4-5-16)6-8-2-3-9(25(19,20)21)7-11(8)26(22,23)24/h2-3,5,7,10H,4,6H2,1H3,(H,19,20,21)(H,22,23,24). The van der Waals surface area contributed by atoms with E-state index in [0.29, 0.717) is 12.4 Å². The molecule has 1 aliphatic heterocycles. The molecule has 0 bridgehead atoms. The number of hydrogen-bond acceptors (Lipinski definition) is 7. The SMILES string of the molecule is CN1C(=O)C(Cc2ccc(S(=O)(=O)O)cc2S(=O)(=O)O)C(=O)N1CC=O. The molecule has 2 rings (SSSR count). The van der Waals surface area contributed by atoms with Crippen LogP contribution in [0.2, 0.25) is 0 Å². The molecule has 0 aromatic heterocycles. The van der Waals surface area contributed by atoms with Gasteiger partial charge in [-0.15, -0.1) is 0 Å². The molecule has 1 saturated heterocycles. The highest BCUT2D eigenvalue weighted by Gasteiger charge is 2.43. The van der Waals surface area contributed by atoms with Gasteiger partial charge in [0, 0.05) is 7.05 Å². The minimum absolute atomic E-state index is 0.201. The van der Waals surface area contributed by atoms with Crippen molar-refractivity contribution in [1.82, 2.24) is 10.0 Å². The Kier molecular flexibility index (Phi) is 5.19. The molecule has 13 heteroatoms. The zero-order valence-corrected chi connectivity index (χ0v) is 14.9. The van der Waals surface area contributed by atoms with Crippen LogP contribution in [0.5, 0.6) is 0 Å². The molecule has 11 nitrogen and oxygen atoms in total. The van der Waals surface area contributed by atoms with Gasteiger partial charge in [0.25, 0.3) is 32.1 Å². The van der Waals surface area contributed by atoms with Crippen LogP contribution in [-0.4, -0.2) is 67.7 Å². The third-order valence-electron chi connectivity index (χ3n) is 3.82. The summed E-state index contributed by atoms with van der Waals surface area (Å²) in [4.78, 5) is 33.4.